The fourth-order valence-corrected chi connectivity index (χ4v) is 6.01. The summed E-state index contributed by atoms with van der Waals surface area (Å²) in [5.74, 6) is 0.940. The number of fused-ring (bicyclic) bond motifs is 4. The topological polar surface area (TPSA) is 73.6 Å². The number of hydrogen-bond acceptors (Lipinski definition) is 5. The zero-order chi connectivity index (χ0) is 22.4. The molecule has 7 nitrogen and oxygen atoms in total. The standard InChI is InChI=1S/C25H28ClN5O2/c26-20-15-17-14-19(16-30-10-12-31(13-11-30)18-4-8-27-9-5-18)33-23(17)21-22(20)28-24(32)29-25(21)6-2-1-3-7-25/h4-5,8-9,14-15H,1-3,6-7,10-13,16H2,(H2,28,29,32). The van der Waals surface area contributed by atoms with E-state index >= 15 is 0 Å². The molecule has 2 amide bonds. The monoisotopic (exact) mass is 465 g/mol. The maximum atomic E-state index is 12.5. The lowest BCUT2D eigenvalue weighted by molar-refractivity contribution is 0.208. The zero-order valence-corrected chi connectivity index (χ0v) is 19.3. The van der Waals surface area contributed by atoms with Gasteiger partial charge in [0.2, 0.25) is 0 Å². The summed E-state index contributed by atoms with van der Waals surface area (Å²) >= 11 is 6.66. The van der Waals surface area contributed by atoms with E-state index in [-0.39, 0.29) is 6.03 Å². The molecule has 33 heavy (non-hydrogen) atoms. The van der Waals surface area contributed by atoms with E-state index in [1.165, 1.54) is 12.1 Å². The number of anilines is 2. The molecule has 3 aliphatic rings. The molecule has 1 saturated carbocycles. The van der Waals surface area contributed by atoms with E-state index in [1.54, 1.807) is 0 Å². The van der Waals surface area contributed by atoms with Gasteiger partial charge in [0.25, 0.3) is 0 Å². The Bertz CT molecular complexity index is 1180. The van der Waals surface area contributed by atoms with Crippen LogP contribution in [0.3, 0.4) is 0 Å². The average Bonchev–Trinajstić information content (AvgIpc) is 3.22. The van der Waals surface area contributed by atoms with Crippen LogP contribution in [0.2, 0.25) is 5.02 Å². The molecule has 2 fully saturated rings. The Morgan fingerprint density at radius 2 is 1.82 bits per heavy atom. The molecule has 3 aromatic rings. The minimum Gasteiger partial charge on any atom is -0.459 e. The molecule has 2 aliphatic heterocycles. The molecule has 0 atom stereocenters. The normalized spacial score (nSPS) is 20.5. The summed E-state index contributed by atoms with van der Waals surface area (Å²) in [4.78, 5) is 21.4. The second kappa shape index (κ2) is 8.22. The summed E-state index contributed by atoms with van der Waals surface area (Å²) in [6.07, 6.45) is 8.88. The number of benzene rings is 1. The Labute approximate surface area is 198 Å². The average molecular weight is 466 g/mol. The molecule has 6 rings (SSSR count). The number of hydrogen-bond donors (Lipinski definition) is 2. The van der Waals surface area contributed by atoms with E-state index in [9.17, 15) is 4.79 Å². The fraction of sp³-hybridized carbons (Fsp3) is 0.440. The first kappa shape index (κ1) is 20.8. The van der Waals surface area contributed by atoms with Gasteiger partial charge in [-0.1, -0.05) is 30.9 Å². The van der Waals surface area contributed by atoms with Crippen LogP contribution in [-0.2, 0) is 12.1 Å². The number of piperazine rings is 1. The van der Waals surface area contributed by atoms with Gasteiger partial charge in [0.1, 0.15) is 11.3 Å². The minimum absolute atomic E-state index is 0.176. The highest BCUT2D eigenvalue weighted by molar-refractivity contribution is 6.35. The van der Waals surface area contributed by atoms with Crippen LogP contribution in [0.15, 0.2) is 41.1 Å². The molecule has 1 saturated heterocycles. The largest absolute Gasteiger partial charge is 0.459 e. The van der Waals surface area contributed by atoms with E-state index < -0.39 is 5.54 Å². The number of urea groups is 1. The Kier molecular flexibility index (Phi) is 5.18. The fourth-order valence-electron chi connectivity index (χ4n) is 5.75. The lowest BCUT2D eigenvalue weighted by Crippen LogP contribution is -2.52. The van der Waals surface area contributed by atoms with E-state index in [0.717, 1.165) is 80.7 Å². The summed E-state index contributed by atoms with van der Waals surface area (Å²) < 4.78 is 6.48. The number of aromatic nitrogens is 1. The van der Waals surface area contributed by atoms with Crippen LogP contribution in [0.25, 0.3) is 11.0 Å². The summed E-state index contributed by atoms with van der Waals surface area (Å²) in [6.45, 7) is 4.66. The van der Waals surface area contributed by atoms with Crippen LogP contribution < -0.4 is 15.5 Å². The van der Waals surface area contributed by atoms with E-state index in [2.05, 4.69) is 43.6 Å². The van der Waals surface area contributed by atoms with Gasteiger partial charge in [-0.15, -0.1) is 0 Å². The number of furan rings is 1. The predicted octanol–water partition coefficient (Wildman–Crippen LogP) is 5.10. The molecular weight excluding hydrogens is 438 g/mol. The lowest BCUT2D eigenvalue weighted by atomic mass is 9.74. The number of pyridine rings is 1. The highest BCUT2D eigenvalue weighted by atomic mass is 35.5. The molecule has 0 radical (unpaired) electrons. The third-order valence-electron chi connectivity index (χ3n) is 7.37. The summed E-state index contributed by atoms with van der Waals surface area (Å²) in [6, 6.07) is 7.99. The molecule has 1 aromatic carbocycles. The van der Waals surface area contributed by atoms with Crippen LogP contribution >= 0.6 is 11.6 Å². The Balaban J connectivity index is 1.27. The molecule has 172 valence electrons. The van der Waals surface area contributed by atoms with Crippen molar-refractivity contribution in [1.82, 2.24) is 15.2 Å². The first-order chi connectivity index (χ1) is 16.1. The third kappa shape index (κ3) is 3.73. The smallest absolute Gasteiger partial charge is 0.319 e. The molecule has 2 N–H and O–H groups in total. The second-order valence-electron chi connectivity index (χ2n) is 9.43. The highest BCUT2D eigenvalue weighted by Gasteiger charge is 2.43. The number of carbonyl (C=O) groups excluding carboxylic acids is 1. The molecule has 1 spiro atoms. The van der Waals surface area contributed by atoms with Gasteiger partial charge in [0, 0.05) is 55.2 Å². The summed E-state index contributed by atoms with van der Waals surface area (Å²) in [7, 11) is 0. The van der Waals surface area contributed by atoms with Crippen molar-refractivity contribution in [2.45, 2.75) is 44.2 Å². The highest BCUT2D eigenvalue weighted by Crippen LogP contribution is 2.49. The van der Waals surface area contributed by atoms with Crippen LogP contribution in [0.4, 0.5) is 16.2 Å². The number of rotatable bonds is 3. The number of nitrogens with one attached hydrogen (secondary N) is 2. The number of halogens is 1. The summed E-state index contributed by atoms with van der Waals surface area (Å²) in [5, 5.41) is 7.76. The Hall–Kier alpha value is -2.77. The van der Waals surface area contributed by atoms with Crippen molar-refractivity contribution >= 4 is 40.0 Å². The summed E-state index contributed by atoms with van der Waals surface area (Å²) in [5.41, 5.74) is 3.42. The zero-order valence-electron chi connectivity index (χ0n) is 18.6. The van der Waals surface area contributed by atoms with Gasteiger partial charge in [-0.2, -0.15) is 0 Å². The maximum absolute atomic E-state index is 12.5. The molecule has 0 unspecified atom stereocenters. The quantitative estimate of drug-likeness (QED) is 0.563. The molecular formula is C25H28ClN5O2. The molecule has 0 bridgehead atoms. The minimum atomic E-state index is -0.398. The molecule has 1 aliphatic carbocycles. The van der Waals surface area contributed by atoms with Crippen LogP contribution in [0.5, 0.6) is 0 Å². The van der Waals surface area contributed by atoms with Crippen molar-refractivity contribution in [3.05, 3.63) is 53.0 Å². The van der Waals surface area contributed by atoms with Crippen molar-refractivity contribution in [3.8, 4) is 0 Å². The van der Waals surface area contributed by atoms with Gasteiger partial charge in [-0.3, -0.25) is 9.88 Å². The van der Waals surface area contributed by atoms with Gasteiger partial charge < -0.3 is 20.0 Å². The SMILES string of the molecule is O=C1Nc2c(Cl)cc3cc(CN4CCN(c5ccncc5)CC4)oc3c2C2(CCCCC2)N1. The third-order valence-corrected chi connectivity index (χ3v) is 7.66. The number of carbonyl (C=O) groups is 1. The van der Waals surface area contributed by atoms with E-state index in [4.69, 9.17) is 16.0 Å². The lowest BCUT2D eigenvalue weighted by Gasteiger charge is -2.42. The van der Waals surface area contributed by atoms with Crippen LogP contribution in [0, 0.1) is 0 Å². The first-order valence-electron chi connectivity index (χ1n) is 11.8. The van der Waals surface area contributed by atoms with Crippen molar-refractivity contribution in [2.75, 3.05) is 36.4 Å². The van der Waals surface area contributed by atoms with Gasteiger partial charge >= 0.3 is 6.03 Å². The van der Waals surface area contributed by atoms with Gasteiger partial charge in [-0.25, -0.2) is 4.79 Å². The van der Waals surface area contributed by atoms with Crippen LogP contribution in [-0.4, -0.2) is 42.1 Å². The number of amides is 2. The molecule has 2 aromatic heterocycles. The predicted molar refractivity (Wildman–Crippen MR) is 130 cm³/mol. The Morgan fingerprint density at radius 3 is 2.58 bits per heavy atom. The van der Waals surface area contributed by atoms with Crippen molar-refractivity contribution < 1.29 is 9.21 Å². The molecule has 8 heteroatoms. The maximum Gasteiger partial charge on any atom is 0.319 e. The van der Waals surface area contributed by atoms with Gasteiger partial charge in [0.05, 0.1) is 22.8 Å². The van der Waals surface area contributed by atoms with E-state index in [0.29, 0.717) is 10.7 Å². The molecule has 4 heterocycles. The van der Waals surface area contributed by atoms with Crippen molar-refractivity contribution in [3.63, 3.8) is 0 Å². The van der Waals surface area contributed by atoms with Crippen molar-refractivity contribution in [2.24, 2.45) is 0 Å². The van der Waals surface area contributed by atoms with Crippen molar-refractivity contribution in [1.29, 1.82) is 0 Å². The van der Waals surface area contributed by atoms with Gasteiger partial charge in [0.15, 0.2) is 0 Å². The van der Waals surface area contributed by atoms with E-state index in [1.807, 2.05) is 18.5 Å². The number of nitrogens with zero attached hydrogens (tertiary/aromatic N) is 3. The van der Waals surface area contributed by atoms with Crippen LogP contribution in [0.1, 0.15) is 43.4 Å². The Morgan fingerprint density at radius 1 is 1.06 bits per heavy atom. The first-order valence-corrected chi connectivity index (χ1v) is 12.2. The second-order valence-corrected chi connectivity index (χ2v) is 9.84. The van der Waals surface area contributed by atoms with Gasteiger partial charge in [-0.05, 0) is 37.1 Å².